The summed E-state index contributed by atoms with van der Waals surface area (Å²) in [6.07, 6.45) is 0. The lowest BCUT2D eigenvalue weighted by atomic mass is 9.79. The topological polar surface area (TPSA) is 69.6 Å². The summed E-state index contributed by atoms with van der Waals surface area (Å²) in [5, 5.41) is 21.0. The lowest BCUT2D eigenvalue weighted by Gasteiger charge is -2.08. The van der Waals surface area contributed by atoms with Crippen molar-refractivity contribution >= 4 is 18.5 Å². The molecule has 2 aromatic rings. The van der Waals surface area contributed by atoms with E-state index in [2.05, 4.69) is 5.32 Å². The van der Waals surface area contributed by atoms with Crippen LogP contribution in [0.15, 0.2) is 48.5 Å². The second-order valence-corrected chi connectivity index (χ2v) is 4.61. The van der Waals surface area contributed by atoms with Gasteiger partial charge in [-0.3, -0.25) is 4.79 Å². The van der Waals surface area contributed by atoms with E-state index in [0.717, 1.165) is 11.1 Å². The Balaban J connectivity index is 2.05. The summed E-state index contributed by atoms with van der Waals surface area (Å²) in [4.78, 5) is 12.0. The molecule has 0 spiro atoms. The third kappa shape index (κ3) is 3.47. The minimum atomic E-state index is -1.57. The number of rotatable bonds is 4. The lowest BCUT2D eigenvalue weighted by molar-refractivity contribution is 0.0951. The fraction of sp³-hybridized carbons (Fsp3) is 0.133. The minimum absolute atomic E-state index is 0.240. The third-order valence-electron chi connectivity index (χ3n) is 3.15. The zero-order valence-corrected chi connectivity index (χ0v) is 11.2. The van der Waals surface area contributed by atoms with E-state index in [9.17, 15) is 4.79 Å². The van der Waals surface area contributed by atoms with Crippen LogP contribution >= 0.6 is 0 Å². The summed E-state index contributed by atoms with van der Waals surface area (Å²) in [5.41, 5.74) is 2.88. The number of amides is 1. The molecule has 3 N–H and O–H groups in total. The predicted octanol–water partition coefficient (Wildman–Crippen LogP) is 0.605. The molecular weight excluding hydrogens is 253 g/mol. The molecule has 0 saturated heterocycles. The van der Waals surface area contributed by atoms with E-state index >= 15 is 0 Å². The maximum Gasteiger partial charge on any atom is 0.488 e. The lowest BCUT2D eigenvalue weighted by Crippen LogP contribution is -2.31. The van der Waals surface area contributed by atoms with Crippen molar-refractivity contribution in [3.63, 3.8) is 0 Å². The Hall–Kier alpha value is -2.11. The number of aryl methyl sites for hydroxylation is 1. The van der Waals surface area contributed by atoms with Crippen molar-refractivity contribution in [2.45, 2.75) is 13.5 Å². The first-order valence-corrected chi connectivity index (χ1v) is 6.37. The van der Waals surface area contributed by atoms with Crippen molar-refractivity contribution in [1.82, 2.24) is 5.32 Å². The van der Waals surface area contributed by atoms with Gasteiger partial charge in [0.15, 0.2) is 0 Å². The van der Waals surface area contributed by atoms with Crippen LogP contribution in [0.25, 0.3) is 0 Å². The van der Waals surface area contributed by atoms with Gasteiger partial charge in [-0.25, -0.2) is 0 Å². The molecule has 0 atom stereocenters. The molecule has 4 nitrogen and oxygen atoms in total. The molecule has 0 fully saturated rings. The SMILES string of the molecule is Cc1ccccc1CNC(=O)c1cccc(B(O)O)c1. The minimum Gasteiger partial charge on any atom is -0.423 e. The molecule has 0 unspecified atom stereocenters. The van der Waals surface area contributed by atoms with Crippen LogP contribution in [0, 0.1) is 6.92 Å². The van der Waals surface area contributed by atoms with Gasteiger partial charge in [-0.15, -0.1) is 0 Å². The monoisotopic (exact) mass is 269 g/mol. The Morgan fingerprint density at radius 3 is 2.60 bits per heavy atom. The van der Waals surface area contributed by atoms with Crippen molar-refractivity contribution in [2.24, 2.45) is 0 Å². The highest BCUT2D eigenvalue weighted by molar-refractivity contribution is 6.58. The van der Waals surface area contributed by atoms with E-state index in [0.29, 0.717) is 17.6 Å². The van der Waals surface area contributed by atoms with Crippen molar-refractivity contribution in [2.75, 3.05) is 0 Å². The summed E-state index contributed by atoms with van der Waals surface area (Å²) in [7, 11) is -1.57. The van der Waals surface area contributed by atoms with Gasteiger partial charge in [0.25, 0.3) is 5.91 Å². The van der Waals surface area contributed by atoms with Gasteiger partial charge in [0.2, 0.25) is 0 Å². The summed E-state index contributed by atoms with van der Waals surface area (Å²) < 4.78 is 0. The van der Waals surface area contributed by atoms with Gasteiger partial charge in [-0.2, -0.15) is 0 Å². The van der Waals surface area contributed by atoms with Crippen LogP contribution in [0.4, 0.5) is 0 Å². The Kier molecular flexibility index (Phi) is 4.55. The average Bonchev–Trinajstić information content (AvgIpc) is 2.46. The maximum absolute atomic E-state index is 12.0. The molecule has 0 saturated carbocycles. The van der Waals surface area contributed by atoms with Crippen LogP contribution in [0.3, 0.4) is 0 Å². The fourth-order valence-electron chi connectivity index (χ4n) is 1.93. The Morgan fingerprint density at radius 2 is 1.90 bits per heavy atom. The smallest absolute Gasteiger partial charge is 0.423 e. The molecule has 102 valence electrons. The van der Waals surface area contributed by atoms with Crippen LogP contribution in [0.2, 0.25) is 0 Å². The highest BCUT2D eigenvalue weighted by Crippen LogP contribution is 2.07. The molecule has 0 aliphatic carbocycles. The number of benzene rings is 2. The standard InChI is InChI=1S/C15H16BNO3/c1-11-5-2-3-6-13(11)10-17-15(18)12-7-4-8-14(9-12)16(19)20/h2-9,19-20H,10H2,1H3,(H,17,18). The molecule has 0 aliphatic heterocycles. The predicted molar refractivity (Wildman–Crippen MR) is 78.6 cm³/mol. The van der Waals surface area contributed by atoms with Crippen LogP contribution in [0.5, 0.6) is 0 Å². The Morgan fingerprint density at radius 1 is 1.15 bits per heavy atom. The van der Waals surface area contributed by atoms with Crippen LogP contribution in [-0.2, 0) is 6.54 Å². The van der Waals surface area contributed by atoms with Crippen LogP contribution < -0.4 is 10.8 Å². The molecule has 2 aromatic carbocycles. The van der Waals surface area contributed by atoms with E-state index in [-0.39, 0.29) is 5.91 Å². The summed E-state index contributed by atoms with van der Waals surface area (Å²) in [6.45, 7) is 2.43. The average molecular weight is 269 g/mol. The number of carbonyl (C=O) groups excluding carboxylic acids is 1. The maximum atomic E-state index is 12.0. The molecular formula is C15H16BNO3. The molecule has 0 bridgehead atoms. The highest BCUT2D eigenvalue weighted by atomic mass is 16.4. The Labute approximate surface area is 118 Å². The van der Waals surface area contributed by atoms with Gasteiger partial charge in [0.1, 0.15) is 0 Å². The van der Waals surface area contributed by atoms with Crippen molar-refractivity contribution in [1.29, 1.82) is 0 Å². The molecule has 1 amide bonds. The highest BCUT2D eigenvalue weighted by Gasteiger charge is 2.13. The molecule has 0 radical (unpaired) electrons. The first kappa shape index (κ1) is 14.3. The van der Waals surface area contributed by atoms with Gasteiger partial charge in [-0.1, -0.05) is 36.4 Å². The van der Waals surface area contributed by atoms with Crippen molar-refractivity contribution < 1.29 is 14.8 Å². The molecule has 2 rings (SSSR count). The van der Waals surface area contributed by atoms with Crippen molar-refractivity contribution in [3.05, 3.63) is 65.2 Å². The van der Waals surface area contributed by atoms with E-state index in [1.54, 1.807) is 18.2 Å². The van der Waals surface area contributed by atoms with Gasteiger partial charge in [-0.05, 0) is 35.6 Å². The zero-order valence-electron chi connectivity index (χ0n) is 11.2. The van der Waals surface area contributed by atoms with E-state index in [4.69, 9.17) is 10.0 Å². The van der Waals surface area contributed by atoms with Gasteiger partial charge in [0, 0.05) is 12.1 Å². The number of carbonyl (C=O) groups is 1. The first-order valence-electron chi connectivity index (χ1n) is 6.37. The summed E-state index contributed by atoms with van der Waals surface area (Å²) in [5.74, 6) is -0.240. The third-order valence-corrected chi connectivity index (χ3v) is 3.15. The van der Waals surface area contributed by atoms with E-state index in [1.165, 1.54) is 6.07 Å². The van der Waals surface area contributed by atoms with E-state index in [1.807, 2.05) is 31.2 Å². The number of hydrogen-bond acceptors (Lipinski definition) is 3. The molecule has 0 aromatic heterocycles. The first-order chi connectivity index (χ1) is 9.58. The quantitative estimate of drug-likeness (QED) is 0.712. The fourth-order valence-corrected chi connectivity index (χ4v) is 1.93. The van der Waals surface area contributed by atoms with Crippen LogP contribution in [-0.4, -0.2) is 23.1 Å². The Bertz CT molecular complexity index is 614. The number of hydrogen-bond donors (Lipinski definition) is 3. The van der Waals surface area contributed by atoms with E-state index < -0.39 is 7.12 Å². The molecule has 0 heterocycles. The molecule has 20 heavy (non-hydrogen) atoms. The molecule has 0 aliphatic rings. The second-order valence-electron chi connectivity index (χ2n) is 4.61. The largest absolute Gasteiger partial charge is 0.488 e. The molecule has 5 heteroatoms. The summed E-state index contributed by atoms with van der Waals surface area (Å²) in [6, 6.07) is 14.1. The van der Waals surface area contributed by atoms with Gasteiger partial charge >= 0.3 is 7.12 Å². The van der Waals surface area contributed by atoms with Gasteiger partial charge < -0.3 is 15.4 Å². The normalized spacial score (nSPS) is 10.2. The second kappa shape index (κ2) is 6.37. The van der Waals surface area contributed by atoms with Gasteiger partial charge in [0.05, 0.1) is 0 Å². The van der Waals surface area contributed by atoms with Crippen molar-refractivity contribution in [3.8, 4) is 0 Å². The number of nitrogens with one attached hydrogen (secondary N) is 1. The van der Waals surface area contributed by atoms with Crippen LogP contribution in [0.1, 0.15) is 21.5 Å². The zero-order chi connectivity index (χ0) is 14.5. The summed E-state index contributed by atoms with van der Waals surface area (Å²) >= 11 is 0.